The van der Waals surface area contributed by atoms with Crippen molar-refractivity contribution < 1.29 is 14.7 Å². The Morgan fingerprint density at radius 1 is 1.60 bits per heavy atom. The molecule has 15 heavy (non-hydrogen) atoms. The summed E-state index contributed by atoms with van der Waals surface area (Å²) in [5.41, 5.74) is 5.84. The van der Waals surface area contributed by atoms with E-state index in [0.29, 0.717) is 5.69 Å². The van der Waals surface area contributed by atoms with Crippen LogP contribution in [0, 0.1) is 0 Å². The molecule has 1 heterocycles. The Balaban J connectivity index is 2.52. The van der Waals surface area contributed by atoms with E-state index >= 15 is 0 Å². The molecule has 1 aromatic heterocycles. The second kappa shape index (κ2) is 5.06. The van der Waals surface area contributed by atoms with Gasteiger partial charge in [0.2, 0.25) is 5.91 Å². The van der Waals surface area contributed by atoms with Crippen LogP contribution in [-0.2, 0) is 9.59 Å². The molecule has 6 heteroatoms. The highest BCUT2D eigenvalue weighted by molar-refractivity contribution is 5.96. The van der Waals surface area contributed by atoms with E-state index in [2.05, 4.69) is 10.3 Å². The van der Waals surface area contributed by atoms with E-state index < -0.39 is 24.3 Å². The van der Waals surface area contributed by atoms with E-state index in [9.17, 15) is 9.59 Å². The lowest BCUT2D eigenvalue weighted by atomic mass is 10.2. The normalized spacial score (nSPS) is 11.8. The molecule has 0 saturated carbocycles. The number of hydrogen-bond donors (Lipinski definition) is 3. The average Bonchev–Trinajstić information content (AvgIpc) is 2.18. The zero-order valence-corrected chi connectivity index (χ0v) is 7.88. The first-order chi connectivity index (χ1) is 7.09. The maximum absolute atomic E-state index is 11.3. The molecular formula is C9H11N3O3. The minimum atomic E-state index is -1.11. The van der Waals surface area contributed by atoms with Crippen LogP contribution in [-0.4, -0.2) is 28.0 Å². The number of nitrogens with one attached hydrogen (secondary N) is 1. The highest BCUT2D eigenvalue weighted by Gasteiger charge is 2.16. The van der Waals surface area contributed by atoms with Crippen molar-refractivity contribution in [2.75, 3.05) is 5.32 Å². The number of aromatic nitrogens is 1. The molecule has 1 unspecified atom stereocenters. The van der Waals surface area contributed by atoms with Crippen molar-refractivity contribution in [1.29, 1.82) is 0 Å². The minimum Gasteiger partial charge on any atom is -0.481 e. The first kappa shape index (κ1) is 11.1. The molecule has 4 N–H and O–H groups in total. The first-order valence-electron chi connectivity index (χ1n) is 4.28. The number of carbonyl (C=O) groups excluding carboxylic acids is 1. The molecule has 0 spiro atoms. The fourth-order valence-electron chi connectivity index (χ4n) is 0.952. The van der Waals surface area contributed by atoms with Crippen molar-refractivity contribution in [3.8, 4) is 0 Å². The van der Waals surface area contributed by atoms with E-state index in [4.69, 9.17) is 10.8 Å². The van der Waals surface area contributed by atoms with E-state index in [1.807, 2.05) is 0 Å². The van der Waals surface area contributed by atoms with Crippen molar-refractivity contribution in [2.24, 2.45) is 5.73 Å². The summed E-state index contributed by atoms with van der Waals surface area (Å²) in [4.78, 5) is 25.4. The summed E-state index contributed by atoms with van der Waals surface area (Å²) < 4.78 is 0. The Bertz CT molecular complexity index is 353. The molecule has 0 aliphatic carbocycles. The lowest BCUT2D eigenvalue weighted by Crippen LogP contribution is -2.37. The fourth-order valence-corrected chi connectivity index (χ4v) is 0.952. The van der Waals surface area contributed by atoms with E-state index in [1.165, 1.54) is 6.20 Å². The molecule has 0 bridgehead atoms. The number of nitrogens with two attached hydrogens (primary N) is 1. The molecule has 0 aromatic carbocycles. The maximum atomic E-state index is 11.3. The van der Waals surface area contributed by atoms with Gasteiger partial charge < -0.3 is 16.2 Å². The molecule has 1 amide bonds. The van der Waals surface area contributed by atoms with Gasteiger partial charge in [0.05, 0.1) is 24.3 Å². The smallest absolute Gasteiger partial charge is 0.305 e. The third-order valence-electron chi connectivity index (χ3n) is 1.66. The van der Waals surface area contributed by atoms with Gasteiger partial charge in [0.15, 0.2) is 0 Å². The van der Waals surface area contributed by atoms with Gasteiger partial charge in [0.1, 0.15) is 0 Å². The van der Waals surface area contributed by atoms with Gasteiger partial charge in [-0.15, -0.1) is 0 Å². The van der Waals surface area contributed by atoms with Crippen molar-refractivity contribution in [3.05, 3.63) is 24.5 Å². The Hall–Kier alpha value is -1.95. The van der Waals surface area contributed by atoms with Crippen LogP contribution in [0.15, 0.2) is 24.5 Å². The van der Waals surface area contributed by atoms with Crippen molar-refractivity contribution in [3.63, 3.8) is 0 Å². The number of anilines is 1. The number of rotatable bonds is 4. The maximum Gasteiger partial charge on any atom is 0.305 e. The summed E-state index contributed by atoms with van der Waals surface area (Å²) in [5.74, 6) is -1.64. The molecule has 1 atom stereocenters. The number of carboxylic acid groups (broad SMARTS) is 1. The van der Waals surface area contributed by atoms with E-state index in [1.54, 1.807) is 18.3 Å². The molecule has 0 aliphatic rings. The predicted molar refractivity (Wildman–Crippen MR) is 53.1 cm³/mol. The SMILES string of the molecule is NC(CC(=O)O)C(=O)Nc1cccnc1. The average molecular weight is 209 g/mol. The van der Waals surface area contributed by atoms with Crippen LogP contribution in [0.3, 0.4) is 0 Å². The number of aliphatic carboxylic acids is 1. The Morgan fingerprint density at radius 3 is 2.87 bits per heavy atom. The van der Waals surface area contributed by atoms with E-state index in [0.717, 1.165) is 0 Å². The fraction of sp³-hybridized carbons (Fsp3) is 0.222. The van der Waals surface area contributed by atoms with Crippen LogP contribution in [0.4, 0.5) is 5.69 Å². The largest absolute Gasteiger partial charge is 0.481 e. The molecule has 1 aromatic rings. The number of hydrogen-bond acceptors (Lipinski definition) is 4. The second-order valence-electron chi connectivity index (χ2n) is 2.94. The molecule has 0 radical (unpaired) electrons. The van der Waals surface area contributed by atoms with Crippen molar-refractivity contribution in [2.45, 2.75) is 12.5 Å². The Kier molecular flexibility index (Phi) is 3.75. The number of amides is 1. The van der Waals surface area contributed by atoms with Gasteiger partial charge >= 0.3 is 5.97 Å². The van der Waals surface area contributed by atoms with Crippen molar-refractivity contribution in [1.82, 2.24) is 4.98 Å². The van der Waals surface area contributed by atoms with Crippen LogP contribution in [0.1, 0.15) is 6.42 Å². The summed E-state index contributed by atoms with van der Waals surface area (Å²) in [6.07, 6.45) is 2.62. The lowest BCUT2D eigenvalue weighted by molar-refractivity contribution is -0.138. The standard InChI is InChI=1S/C9H11N3O3/c10-7(4-8(13)14)9(15)12-6-2-1-3-11-5-6/h1-3,5,7H,4,10H2,(H,12,15)(H,13,14). The predicted octanol–water partition coefficient (Wildman–Crippen LogP) is -0.178. The summed E-state index contributed by atoms with van der Waals surface area (Å²) in [6, 6.07) is 2.24. The van der Waals surface area contributed by atoms with Gasteiger partial charge in [-0.3, -0.25) is 14.6 Å². The quantitative estimate of drug-likeness (QED) is 0.638. The summed E-state index contributed by atoms with van der Waals surface area (Å²) >= 11 is 0. The molecular weight excluding hydrogens is 198 g/mol. The van der Waals surface area contributed by atoms with Gasteiger partial charge in [-0.05, 0) is 12.1 Å². The van der Waals surface area contributed by atoms with Gasteiger partial charge in [-0.1, -0.05) is 0 Å². The highest BCUT2D eigenvalue weighted by atomic mass is 16.4. The number of carbonyl (C=O) groups is 2. The first-order valence-corrected chi connectivity index (χ1v) is 4.28. The summed E-state index contributed by atoms with van der Waals surface area (Å²) in [6.45, 7) is 0. The van der Waals surface area contributed by atoms with Crippen LogP contribution >= 0.6 is 0 Å². The molecule has 1 rings (SSSR count). The Labute approximate surface area is 86.1 Å². The lowest BCUT2D eigenvalue weighted by Gasteiger charge is -2.09. The number of pyridine rings is 1. The van der Waals surface area contributed by atoms with Crippen molar-refractivity contribution >= 4 is 17.6 Å². The number of nitrogens with zero attached hydrogens (tertiary/aromatic N) is 1. The monoisotopic (exact) mass is 209 g/mol. The van der Waals surface area contributed by atoms with Crippen LogP contribution in [0.25, 0.3) is 0 Å². The molecule has 6 nitrogen and oxygen atoms in total. The minimum absolute atomic E-state index is 0.397. The van der Waals surface area contributed by atoms with Crippen LogP contribution in [0.2, 0.25) is 0 Å². The molecule has 0 fully saturated rings. The van der Waals surface area contributed by atoms with Gasteiger partial charge in [0.25, 0.3) is 0 Å². The zero-order chi connectivity index (χ0) is 11.3. The molecule has 0 saturated heterocycles. The van der Waals surface area contributed by atoms with Gasteiger partial charge in [-0.2, -0.15) is 0 Å². The third kappa shape index (κ3) is 3.74. The molecule has 0 aliphatic heterocycles. The van der Waals surface area contributed by atoms with Crippen LogP contribution < -0.4 is 11.1 Å². The topological polar surface area (TPSA) is 105 Å². The highest BCUT2D eigenvalue weighted by Crippen LogP contribution is 2.03. The third-order valence-corrected chi connectivity index (χ3v) is 1.66. The van der Waals surface area contributed by atoms with E-state index in [-0.39, 0.29) is 0 Å². The number of carboxylic acids is 1. The van der Waals surface area contributed by atoms with Gasteiger partial charge in [-0.25, -0.2) is 0 Å². The van der Waals surface area contributed by atoms with Gasteiger partial charge in [0, 0.05) is 6.20 Å². The Morgan fingerprint density at radius 2 is 2.33 bits per heavy atom. The summed E-state index contributed by atoms with van der Waals surface area (Å²) in [7, 11) is 0. The zero-order valence-electron chi connectivity index (χ0n) is 7.88. The molecule has 80 valence electrons. The summed E-state index contributed by atoms with van der Waals surface area (Å²) in [5, 5.41) is 10.9. The second-order valence-corrected chi connectivity index (χ2v) is 2.94. The van der Waals surface area contributed by atoms with Crippen LogP contribution in [0.5, 0.6) is 0 Å².